The van der Waals surface area contributed by atoms with Gasteiger partial charge in [0.25, 0.3) is 0 Å². The highest BCUT2D eigenvalue weighted by molar-refractivity contribution is 5.85. The average Bonchev–Trinajstić information content (AvgIpc) is 2.30. The molecular weight excluding hydrogens is 255 g/mol. The second-order valence-electron chi connectivity index (χ2n) is 5.53. The molecule has 1 atom stereocenters. The number of piperidine rings is 2. The van der Waals surface area contributed by atoms with E-state index in [4.69, 9.17) is 0 Å². The number of nitrogens with one attached hydrogen (secondary N) is 1. The van der Waals surface area contributed by atoms with Crippen molar-refractivity contribution in [2.24, 2.45) is 11.8 Å². The average molecular weight is 283 g/mol. The van der Waals surface area contributed by atoms with Gasteiger partial charge in [0.15, 0.2) is 0 Å². The Balaban J connectivity index is 0.00000128. The van der Waals surface area contributed by atoms with E-state index in [1.165, 1.54) is 64.8 Å². The van der Waals surface area contributed by atoms with Crippen LogP contribution in [0.2, 0.25) is 0 Å². The minimum absolute atomic E-state index is 0. The Labute approximate surface area is 119 Å². The van der Waals surface area contributed by atoms with Gasteiger partial charge in [0.2, 0.25) is 0 Å². The summed E-state index contributed by atoms with van der Waals surface area (Å²) in [5.41, 5.74) is 0. The molecule has 0 bridgehead atoms. The van der Waals surface area contributed by atoms with Gasteiger partial charge in [-0.3, -0.25) is 0 Å². The van der Waals surface area contributed by atoms with E-state index in [1.54, 1.807) is 0 Å². The normalized spacial score (nSPS) is 27.0. The van der Waals surface area contributed by atoms with Gasteiger partial charge in [-0.15, -0.1) is 24.8 Å². The summed E-state index contributed by atoms with van der Waals surface area (Å²) in [5.74, 6) is 1.93. The molecule has 0 saturated carbocycles. The van der Waals surface area contributed by atoms with Crippen molar-refractivity contribution in [2.45, 2.75) is 39.0 Å². The van der Waals surface area contributed by atoms with Crippen LogP contribution in [0.1, 0.15) is 39.0 Å². The van der Waals surface area contributed by atoms with Crippen LogP contribution < -0.4 is 5.32 Å². The molecule has 0 aromatic rings. The van der Waals surface area contributed by atoms with Crippen LogP contribution in [0, 0.1) is 11.8 Å². The molecule has 0 spiro atoms. The summed E-state index contributed by atoms with van der Waals surface area (Å²) in [6.07, 6.45) is 7.10. The molecule has 0 radical (unpaired) electrons. The predicted molar refractivity (Wildman–Crippen MR) is 79.5 cm³/mol. The number of nitrogens with zero attached hydrogens (tertiary/aromatic N) is 1. The van der Waals surface area contributed by atoms with Gasteiger partial charge in [-0.05, 0) is 76.7 Å². The molecule has 1 unspecified atom stereocenters. The van der Waals surface area contributed by atoms with Crippen molar-refractivity contribution < 1.29 is 0 Å². The summed E-state index contributed by atoms with van der Waals surface area (Å²) in [4.78, 5) is 2.68. The van der Waals surface area contributed by atoms with Crippen molar-refractivity contribution in [1.82, 2.24) is 10.2 Å². The zero-order valence-corrected chi connectivity index (χ0v) is 12.6. The molecule has 0 aliphatic carbocycles. The largest absolute Gasteiger partial charge is 0.316 e. The van der Waals surface area contributed by atoms with Crippen LogP contribution in [0.3, 0.4) is 0 Å². The Kier molecular flexibility index (Phi) is 9.71. The lowest BCUT2D eigenvalue weighted by Crippen LogP contribution is -2.36. The summed E-state index contributed by atoms with van der Waals surface area (Å²) in [7, 11) is 0. The fraction of sp³-hybridized carbons (Fsp3) is 1.00. The molecule has 0 aromatic heterocycles. The first kappa shape index (κ1) is 17.5. The van der Waals surface area contributed by atoms with Crippen molar-refractivity contribution >= 4 is 24.8 Å². The van der Waals surface area contributed by atoms with Gasteiger partial charge in [0.05, 0.1) is 0 Å². The third-order valence-corrected chi connectivity index (χ3v) is 4.13. The molecule has 17 heavy (non-hydrogen) atoms. The Bertz CT molecular complexity index is 176. The maximum absolute atomic E-state index is 3.51. The van der Waals surface area contributed by atoms with Crippen molar-refractivity contribution in [2.75, 3.05) is 32.7 Å². The lowest BCUT2D eigenvalue weighted by Gasteiger charge is -2.32. The van der Waals surface area contributed by atoms with E-state index in [0.29, 0.717) is 0 Å². The van der Waals surface area contributed by atoms with E-state index >= 15 is 0 Å². The van der Waals surface area contributed by atoms with Gasteiger partial charge >= 0.3 is 0 Å². The SMILES string of the molecule is CC1CCN(CCC2CCCNC2)CC1.Cl.Cl. The Morgan fingerprint density at radius 2 is 1.82 bits per heavy atom. The highest BCUT2D eigenvalue weighted by atomic mass is 35.5. The second kappa shape index (κ2) is 9.43. The number of halogens is 2. The van der Waals surface area contributed by atoms with E-state index in [9.17, 15) is 0 Å². The molecule has 0 aromatic carbocycles. The van der Waals surface area contributed by atoms with Crippen LogP contribution in [-0.4, -0.2) is 37.6 Å². The lowest BCUT2D eigenvalue weighted by molar-refractivity contribution is 0.176. The smallest absolute Gasteiger partial charge is 0.00156 e. The molecule has 2 rings (SSSR count). The number of likely N-dealkylation sites (tertiary alicyclic amines) is 1. The molecule has 4 heteroatoms. The van der Waals surface area contributed by atoms with Gasteiger partial charge < -0.3 is 10.2 Å². The molecule has 2 aliphatic rings. The minimum atomic E-state index is 0. The zero-order valence-electron chi connectivity index (χ0n) is 11.0. The second-order valence-corrected chi connectivity index (χ2v) is 5.53. The van der Waals surface area contributed by atoms with Gasteiger partial charge in [-0.25, -0.2) is 0 Å². The van der Waals surface area contributed by atoms with Crippen LogP contribution in [0.25, 0.3) is 0 Å². The predicted octanol–water partition coefficient (Wildman–Crippen LogP) is 2.95. The molecule has 104 valence electrons. The van der Waals surface area contributed by atoms with Gasteiger partial charge in [-0.2, -0.15) is 0 Å². The molecular formula is C13H28Cl2N2. The van der Waals surface area contributed by atoms with Crippen molar-refractivity contribution in [3.63, 3.8) is 0 Å². The minimum Gasteiger partial charge on any atom is -0.316 e. The highest BCUT2D eigenvalue weighted by Gasteiger charge is 2.18. The maximum atomic E-state index is 3.51. The fourth-order valence-corrected chi connectivity index (χ4v) is 2.82. The summed E-state index contributed by atoms with van der Waals surface area (Å²) >= 11 is 0. The summed E-state index contributed by atoms with van der Waals surface area (Å²) in [6, 6.07) is 0. The van der Waals surface area contributed by atoms with Crippen molar-refractivity contribution in [3.8, 4) is 0 Å². The summed E-state index contributed by atoms with van der Waals surface area (Å²) in [5, 5.41) is 3.51. The first-order valence-electron chi connectivity index (χ1n) is 6.77. The Morgan fingerprint density at radius 1 is 1.12 bits per heavy atom. The summed E-state index contributed by atoms with van der Waals surface area (Å²) < 4.78 is 0. The highest BCUT2D eigenvalue weighted by Crippen LogP contribution is 2.19. The van der Waals surface area contributed by atoms with E-state index in [2.05, 4.69) is 17.1 Å². The van der Waals surface area contributed by atoms with E-state index < -0.39 is 0 Å². The molecule has 2 nitrogen and oxygen atoms in total. The van der Waals surface area contributed by atoms with Crippen molar-refractivity contribution in [3.05, 3.63) is 0 Å². The fourth-order valence-electron chi connectivity index (χ4n) is 2.82. The number of hydrogen-bond acceptors (Lipinski definition) is 2. The molecule has 2 aliphatic heterocycles. The van der Waals surface area contributed by atoms with Crippen LogP contribution in [0.4, 0.5) is 0 Å². The van der Waals surface area contributed by atoms with Gasteiger partial charge in [-0.1, -0.05) is 6.92 Å². The zero-order chi connectivity index (χ0) is 10.5. The molecule has 0 amide bonds. The third-order valence-electron chi connectivity index (χ3n) is 4.13. The molecule has 2 fully saturated rings. The van der Waals surface area contributed by atoms with Gasteiger partial charge in [0.1, 0.15) is 0 Å². The quantitative estimate of drug-likeness (QED) is 0.856. The number of hydrogen-bond donors (Lipinski definition) is 1. The molecule has 1 N–H and O–H groups in total. The first-order valence-corrected chi connectivity index (χ1v) is 6.77. The summed E-state index contributed by atoms with van der Waals surface area (Å²) in [6.45, 7) is 8.95. The topological polar surface area (TPSA) is 15.3 Å². The molecule has 2 heterocycles. The van der Waals surface area contributed by atoms with Crippen molar-refractivity contribution in [1.29, 1.82) is 0 Å². The monoisotopic (exact) mass is 282 g/mol. The van der Waals surface area contributed by atoms with Crippen LogP contribution in [-0.2, 0) is 0 Å². The van der Waals surface area contributed by atoms with E-state index in [-0.39, 0.29) is 24.8 Å². The van der Waals surface area contributed by atoms with E-state index in [1.807, 2.05) is 0 Å². The first-order chi connectivity index (χ1) is 7.34. The molecule has 2 saturated heterocycles. The lowest BCUT2D eigenvalue weighted by atomic mass is 9.94. The standard InChI is InChI=1S/C13H26N2.2ClH/c1-12-4-8-15(9-5-12)10-6-13-3-2-7-14-11-13;;/h12-14H,2-11H2,1H3;2*1H. The van der Waals surface area contributed by atoms with E-state index in [0.717, 1.165) is 11.8 Å². The van der Waals surface area contributed by atoms with Crippen LogP contribution in [0.15, 0.2) is 0 Å². The Morgan fingerprint density at radius 3 is 2.41 bits per heavy atom. The number of rotatable bonds is 3. The van der Waals surface area contributed by atoms with Crippen LogP contribution in [0.5, 0.6) is 0 Å². The van der Waals surface area contributed by atoms with Gasteiger partial charge in [0, 0.05) is 0 Å². The van der Waals surface area contributed by atoms with Crippen LogP contribution >= 0.6 is 24.8 Å². The Hall–Kier alpha value is 0.500. The third kappa shape index (κ3) is 6.28. The maximum Gasteiger partial charge on any atom is -0.00156 e.